The Morgan fingerprint density at radius 1 is 1.15 bits per heavy atom. The number of ketones is 1. The summed E-state index contributed by atoms with van der Waals surface area (Å²) in [6, 6.07) is 6.54. The molecular weight excluding hydrogens is 273 g/mol. The standard InChI is InChI=1S/C13H9F3N2O2/c14-13(15,16)20-10-3-1-2-9(11(10)17)12(19)8-4-6-18-7-5-8/h1-7H,17H2. The van der Waals surface area contributed by atoms with Gasteiger partial charge in [0.2, 0.25) is 0 Å². The fraction of sp³-hybridized carbons (Fsp3) is 0.0769. The molecule has 0 bridgehead atoms. The molecule has 0 saturated carbocycles. The molecule has 20 heavy (non-hydrogen) atoms. The van der Waals surface area contributed by atoms with Crippen molar-refractivity contribution in [3.8, 4) is 5.75 Å². The number of para-hydroxylation sites is 1. The minimum atomic E-state index is -4.87. The lowest BCUT2D eigenvalue weighted by molar-refractivity contribution is -0.274. The van der Waals surface area contributed by atoms with Crippen molar-refractivity contribution in [2.45, 2.75) is 6.36 Å². The molecule has 7 heteroatoms. The van der Waals surface area contributed by atoms with Crippen LogP contribution in [0.5, 0.6) is 5.75 Å². The highest BCUT2D eigenvalue weighted by Gasteiger charge is 2.32. The number of pyridine rings is 1. The number of anilines is 1. The van der Waals surface area contributed by atoms with Crippen molar-refractivity contribution in [1.82, 2.24) is 4.98 Å². The number of carbonyl (C=O) groups excluding carboxylic acids is 1. The molecule has 0 radical (unpaired) electrons. The van der Waals surface area contributed by atoms with E-state index in [1.165, 1.54) is 36.7 Å². The Bertz CT molecular complexity index is 627. The first-order valence-electron chi connectivity index (χ1n) is 5.47. The summed E-state index contributed by atoms with van der Waals surface area (Å²) in [4.78, 5) is 15.9. The van der Waals surface area contributed by atoms with Gasteiger partial charge in [0.15, 0.2) is 11.5 Å². The molecular formula is C13H9F3N2O2. The van der Waals surface area contributed by atoms with Crippen LogP contribution in [0.4, 0.5) is 18.9 Å². The molecule has 0 spiro atoms. The summed E-state index contributed by atoms with van der Waals surface area (Å²) in [6.07, 6.45) is -2.06. The number of hydrogen-bond donors (Lipinski definition) is 1. The van der Waals surface area contributed by atoms with E-state index in [0.717, 1.165) is 6.07 Å². The fourth-order valence-corrected chi connectivity index (χ4v) is 1.61. The van der Waals surface area contributed by atoms with Crippen molar-refractivity contribution in [3.63, 3.8) is 0 Å². The predicted molar refractivity (Wildman–Crippen MR) is 65.2 cm³/mol. The van der Waals surface area contributed by atoms with Gasteiger partial charge < -0.3 is 10.5 Å². The Kier molecular flexibility index (Phi) is 3.60. The lowest BCUT2D eigenvalue weighted by Crippen LogP contribution is -2.19. The van der Waals surface area contributed by atoms with Gasteiger partial charge in [-0.15, -0.1) is 13.2 Å². The topological polar surface area (TPSA) is 65.2 Å². The summed E-state index contributed by atoms with van der Waals surface area (Å²) in [5, 5.41) is 0. The van der Waals surface area contributed by atoms with Crippen molar-refractivity contribution >= 4 is 11.5 Å². The highest BCUT2D eigenvalue weighted by atomic mass is 19.4. The maximum atomic E-state index is 12.2. The van der Waals surface area contributed by atoms with Crippen LogP contribution in [0.3, 0.4) is 0 Å². The lowest BCUT2D eigenvalue weighted by Gasteiger charge is -2.13. The van der Waals surface area contributed by atoms with Gasteiger partial charge in [-0.25, -0.2) is 0 Å². The second-order valence-corrected chi connectivity index (χ2v) is 3.83. The van der Waals surface area contributed by atoms with Gasteiger partial charge in [-0.05, 0) is 24.3 Å². The van der Waals surface area contributed by atoms with Gasteiger partial charge in [0, 0.05) is 23.5 Å². The molecule has 0 aliphatic rings. The third-order valence-corrected chi connectivity index (χ3v) is 2.48. The SMILES string of the molecule is Nc1c(OC(F)(F)F)cccc1C(=O)c1ccncc1. The van der Waals surface area contributed by atoms with Crippen LogP contribution >= 0.6 is 0 Å². The number of hydrogen-bond acceptors (Lipinski definition) is 4. The smallest absolute Gasteiger partial charge is 0.404 e. The Hall–Kier alpha value is -2.57. The minimum absolute atomic E-state index is 0.0575. The lowest BCUT2D eigenvalue weighted by atomic mass is 10.0. The van der Waals surface area contributed by atoms with E-state index in [9.17, 15) is 18.0 Å². The quantitative estimate of drug-likeness (QED) is 0.694. The largest absolute Gasteiger partial charge is 0.573 e. The van der Waals surface area contributed by atoms with Crippen LogP contribution in [0, 0.1) is 0 Å². The normalized spacial score (nSPS) is 11.2. The third-order valence-electron chi connectivity index (χ3n) is 2.48. The summed E-state index contributed by atoms with van der Waals surface area (Å²) in [5.74, 6) is -1.10. The number of carbonyl (C=O) groups is 1. The van der Waals surface area contributed by atoms with Crippen molar-refractivity contribution in [2.24, 2.45) is 0 Å². The molecule has 0 saturated heterocycles. The summed E-state index contributed by atoms with van der Waals surface area (Å²) in [6.45, 7) is 0. The van der Waals surface area contributed by atoms with E-state index in [2.05, 4.69) is 9.72 Å². The number of aromatic nitrogens is 1. The molecule has 104 valence electrons. The highest BCUT2D eigenvalue weighted by molar-refractivity contribution is 6.12. The van der Waals surface area contributed by atoms with E-state index in [1.807, 2.05) is 0 Å². The average Bonchev–Trinajstić information content (AvgIpc) is 2.40. The number of benzene rings is 1. The van der Waals surface area contributed by atoms with Gasteiger partial charge in [-0.3, -0.25) is 9.78 Å². The number of nitrogens with zero attached hydrogens (tertiary/aromatic N) is 1. The molecule has 1 aromatic carbocycles. The molecule has 0 fully saturated rings. The summed E-state index contributed by atoms with van der Waals surface area (Å²) in [7, 11) is 0. The van der Waals surface area contributed by atoms with Gasteiger partial charge in [-0.2, -0.15) is 0 Å². The van der Waals surface area contributed by atoms with Gasteiger partial charge in [0.05, 0.1) is 5.69 Å². The molecule has 2 N–H and O–H groups in total. The maximum absolute atomic E-state index is 12.2. The van der Waals surface area contributed by atoms with Crippen molar-refractivity contribution in [2.75, 3.05) is 5.73 Å². The van der Waals surface area contributed by atoms with Crippen LogP contribution < -0.4 is 10.5 Å². The first-order valence-corrected chi connectivity index (χ1v) is 5.47. The van der Waals surface area contributed by atoms with Crippen LogP contribution in [0.15, 0.2) is 42.7 Å². The predicted octanol–water partition coefficient (Wildman–Crippen LogP) is 2.79. The van der Waals surface area contributed by atoms with Gasteiger partial charge in [0.25, 0.3) is 0 Å². The number of alkyl halides is 3. The van der Waals surface area contributed by atoms with E-state index < -0.39 is 17.9 Å². The first kappa shape index (κ1) is 13.9. The van der Waals surface area contributed by atoms with Crippen LogP contribution in [-0.4, -0.2) is 17.1 Å². The molecule has 1 heterocycles. The molecule has 0 atom stereocenters. The average molecular weight is 282 g/mol. The zero-order valence-electron chi connectivity index (χ0n) is 10.0. The fourth-order valence-electron chi connectivity index (χ4n) is 1.61. The van der Waals surface area contributed by atoms with E-state index in [4.69, 9.17) is 5.73 Å². The van der Waals surface area contributed by atoms with Crippen molar-refractivity contribution in [1.29, 1.82) is 0 Å². The number of ether oxygens (including phenoxy) is 1. The second kappa shape index (κ2) is 5.20. The summed E-state index contributed by atoms with van der Waals surface area (Å²) in [5.41, 5.74) is 5.43. The number of nitrogen functional groups attached to an aromatic ring is 1. The Morgan fingerprint density at radius 3 is 2.40 bits per heavy atom. The Labute approximate surface area is 112 Å². The van der Waals surface area contributed by atoms with Crippen LogP contribution in [-0.2, 0) is 0 Å². The van der Waals surface area contributed by atoms with E-state index >= 15 is 0 Å². The minimum Gasteiger partial charge on any atom is -0.404 e. The summed E-state index contributed by atoms with van der Waals surface area (Å²) >= 11 is 0. The zero-order chi connectivity index (χ0) is 14.8. The van der Waals surface area contributed by atoms with Crippen LogP contribution in [0.2, 0.25) is 0 Å². The molecule has 1 aromatic heterocycles. The highest BCUT2D eigenvalue weighted by Crippen LogP contribution is 2.31. The molecule has 2 rings (SSSR count). The Morgan fingerprint density at radius 2 is 1.80 bits per heavy atom. The van der Waals surface area contributed by atoms with Gasteiger partial charge in [-0.1, -0.05) is 6.07 Å². The van der Waals surface area contributed by atoms with Gasteiger partial charge >= 0.3 is 6.36 Å². The molecule has 0 amide bonds. The van der Waals surface area contributed by atoms with Crippen LogP contribution in [0.1, 0.15) is 15.9 Å². The summed E-state index contributed by atoms with van der Waals surface area (Å²) < 4.78 is 40.4. The van der Waals surface area contributed by atoms with E-state index in [1.54, 1.807) is 0 Å². The molecule has 0 aliphatic carbocycles. The molecule has 0 aliphatic heterocycles. The first-order chi connectivity index (χ1) is 9.38. The molecule has 4 nitrogen and oxygen atoms in total. The van der Waals surface area contributed by atoms with Crippen molar-refractivity contribution < 1.29 is 22.7 Å². The second-order valence-electron chi connectivity index (χ2n) is 3.83. The van der Waals surface area contributed by atoms with E-state index in [-0.39, 0.29) is 16.8 Å². The monoisotopic (exact) mass is 282 g/mol. The molecule has 2 aromatic rings. The van der Waals surface area contributed by atoms with Crippen LogP contribution in [0.25, 0.3) is 0 Å². The number of halogens is 3. The Balaban J connectivity index is 2.39. The van der Waals surface area contributed by atoms with E-state index in [0.29, 0.717) is 0 Å². The zero-order valence-corrected chi connectivity index (χ0v) is 10.0. The third kappa shape index (κ3) is 3.05. The van der Waals surface area contributed by atoms with Crippen molar-refractivity contribution in [3.05, 3.63) is 53.9 Å². The number of nitrogens with two attached hydrogens (primary N) is 1. The molecule has 0 unspecified atom stereocenters. The number of rotatable bonds is 3. The van der Waals surface area contributed by atoms with Gasteiger partial charge in [0.1, 0.15) is 0 Å². The maximum Gasteiger partial charge on any atom is 0.573 e.